The number of rotatable bonds is 7. The number of hydrogen-bond acceptors (Lipinski definition) is 3. The maximum absolute atomic E-state index is 12.7. The molecular weight excluding hydrogens is 451 g/mol. The second kappa shape index (κ2) is 10.7. The highest BCUT2D eigenvalue weighted by Gasteiger charge is 2.19. The van der Waals surface area contributed by atoms with E-state index in [1.807, 2.05) is 56.3 Å². The zero-order valence-corrected chi connectivity index (χ0v) is 19.4. The molecule has 0 aromatic heterocycles. The number of amides is 2. The van der Waals surface area contributed by atoms with E-state index >= 15 is 0 Å². The van der Waals surface area contributed by atoms with Crippen LogP contribution in [0.15, 0.2) is 71.6 Å². The van der Waals surface area contributed by atoms with Gasteiger partial charge in [0, 0.05) is 21.3 Å². The fourth-order valence-corrected chi connectivity index (χ4v) is 4.46. The molecule has 2 amide bonds. The molecule has 0 aliphatic carbocycles. The molecule has 1 unspecified atom stereocenters. The number of hydrogen-bond donors (Lipinski definition) is 2. The van der Waals surface area contributed by atoms with E-state index in [0.29, 0.717) is 22.7 Å². The van der Waals surface area contributed by atoms with Crippen LogP contribution in [0.2, 0.25) is 10.0 Å². The molecule has 0 saturated carbocycles. The van der Waals surface area contributed by atoms with E-state index in [0.717, 1.165) is 16.1 Å². The summed E-state index contributed by atoms with van der Waals surface area (Å²) in [6, 6.07) is 19.8. The van der Waals surface area contributed by atoms with Crippen molar-refractivity contribution in [3.8, 4) is 0 Å². The summed E-state index contributed by atoms with van der Waals surface area (Å²) in [5.74, 6) is -0.381. The molecule has 0 aliphatic heterocycles. The highest BCUT2D eigenvalue weighted by molar-refractivity contribution is 8.00. The third-order valence-electron chi connectivity index (χ3n) is 4.49. The first-order valence-corrected chi connectivity index (χ1v) is 11.4. The topological polar surface area (TPSA) is 58.2 Å². The van der Waals surface area contributed by atoms with Crippen LogP contribution < -0.4 is 10.6 Å². The summed E-state index contributed by atoms with van der Waals surface area (Å²) in [6.45, 7) is 3.96. The second-order valence-electron chi connectivity index (χ2n) is 6.98. The minimum absolute atomic E-state index is 0.0551. The Balaban J connectivity index is 1.68. The molecule has 0 fully saturated rings. The van der Waals surface area contributed by atoms with Gasteiger partial charge in [0.15, 0.2) is 0 Å². The predicted octanol–water partition coefficient (Wildman–Crippen LogP) is 7.06. The van der Waals surface area contributed by atoms with E-state index < -0.39 is 0 Å². The number of benzene rings is 3. The maximum Gasteiger partial charge on any atom is 0.257 e. The first-order chi connectivity index (χ1) is 14.9. The number of anilines is 2. The highest BCUT2D eigenvalue weighted by Crippen LogP contribution is 2.29. The lowest BCUT2D eigenvalue weighted by Gasteiger charge is -2.16. The molecule has 3 rings (SSSR count). The SMILES string of the molecule is CCC(Sc1cccc(NC(=O)c2ccc(Cl)cc2Cl)c1)C(=O)Nc1cccc(C)c1. The van der Waals surface area contributed by atoms with Gasteiger partial charge in [-0.05, 0) is 67.4 Å². The second-order valence-corrected chi connectivity index (χ2v) is 9.10. The van der Waals surface area contributed by atoms with Crippen LogP contribution >= 0.6 is 35.0 Å². The van der Waals surface area contributed by atoms with Crippen molar-refractivity contribution in [1.29, 1.82) is 0 Å². The molecule has 4 nitrogen and oxygen atoms in total. The molecule has 3 aromatic carbocycles. The Bertz CT molecular complexity index is 1100. The molecule has 0 saturated heterocycles. The van der Waals surface area contributed by atoms with Gasteiger partial charge >= 0.3 is 0 Å². The van der Waals surface area contributed by atoms with Crippen molar-refractivity contribution in [2.24, 2.45) is 0 Å². The quantitative estimate of drug-likeness (QED) is 0.361. The van der Waals surface area contributed by atoms with Gasteiger partial charge in [0.05, 0.1) is 15.8 Å². The smallest absolute Gasteiger partial charge is 0.257 e. The first kappa shape index (κ1) is 23.2. The summed E-state index contributed by atoms with van der Waals surface area (Å²) in [5.41, 5.74) is 2.83. The van der Waals surface area contributed by atoms with E-state index in [1.54, 1.807) is 18.2 Å². The van der Waals surface area contributed by atoms with E-state index in [2.05, 4.69) is 10.6 Å². The number of aryl methyl sites for hydroxylation is 1. The molecule has 2 N–H and O–H groups in total. The molecule has 31 heavy (non-hydrogen) atoms. The van der Waals surface area contributed by atoms with Crippen LogP contribution in [0.4, 0.5) is 11.4 Å². The van der Waals surface area contributed by atoms with Crippen molar-refractivity contribution < 1.29 is 9.59 Å². The lowest BCUT2D eigenvalue weighted by atomic mass is 10.2. The predicted molar refractivity (Wildman–Crippen MR) is 131 cm³/mol. The fraction of sp³-hybridized carbons (Fsp3) is 0.167. The van der Waals surface area contributed by atoms with Crippen molar-refractivity contribution >= 4 is 58.2 Å². The Hall–Kier alpha value is -2.47. The highest BCUT2D eigenvalue weighted by atomic mass is 35.5. The summed E-state index contributed by atoms with van der Waals surface area (Å²) >= 11 is 13.5. The number of thioether (sulfide) groups is 1. The minimum atomic E-state index is -0.326. The molecule has 0 heterocycles. The Morgan fingerprint density at radius 1 is 0.935 bits per heavy atom. The molecule has 0 aliphatic rings. The van der Waals surface area contributed by atoms with E-state index in [1.165, 1.54) is 17.8 Å². The van der Waals surface area contributed by atoms with Crippen LogP contribution in [0.25, 0.3) is 0 Å². The molecule has 160 valence electrons. The molecule has 1 atom stereocenters. The normalized spacial score (nSPS) is 11.6. The van der Waals surface area contributed by atoms with Gasteiger partial charge in [-0.25, -0.2) is 0 Å². The van der Waals surface area contributed by atoms with Gasteiger partial charge in [-0.15, -0.1) is 11.8 Å². The Morgan fingerprint density at radius 2 is 1.65 bits per heavy atom. The molecule has 7 heteroatoms. The van der Waals surface area contributed by atoms with Gasteiger partial charge < -0.3 is 10.6 Å². The van der Waals surface area contributed by atoms with E-state index in [9.17, 15) is 9.59 Å². The standard InChI is InChI=1S/C24H22Cl2N2O2S/c1-3-22(24(30)28-17-7-4-6-15(2)12-17)31-19-9-5-8-18(14-19)27-23(29)20-11-10-16(25)13-21(20)26/h4-14,22H,3H2,1-2H3,(H,27,29)(H,28,30). The summed E-state index contributed by atoms with van der Waals surface area (Å²) in [4.78, 5) is 26.2. The van der Waals surface area contributed by atoms with Crippen LogP contribution in [0.1, 0.15) is 29.3 Å². The Labute approximate surface area is 196 Å². The molecule has 0 radical (unpaired) electrons. The largest absolute Gasteiger partial charge is 0.325 e. The first-order valence-electron chi connectivity index (χ1n) is 9.76. The maximum atomic E-state index is 12.7. The van der Waals surface area contributed by atoms with Crippen LogP contribution in [0.5, 0.6) is 0 Å². The van der Waals surface area contributed by atoms with Crippen molar-refractivity contribution in [3.05, 3.63) is 87.9 Å². The van der Waals surface area contributed by atoms with Gasteiger partial charge in [-0.2, -0.15) is 0 Å². The van der Waals surface area contributed by atoms with Gasteiger partial charge in [-0.3, -0.25) is 9.59 Å². The van der Waals surface area contributed by atoms with Crippen molar-refractivity contribution in [3.63, 3.8) is 0 Å². The van der Waals surface area contributed by atoms with Crippen LogP contribution in [0.3, 0.4) is 0 Å². The number of nitrogens with one attached hydrogen (secondary N) is 2. The summed E-state index contributed by atoms with van der Waals surface area (Å²) in [5, 5.41) is 6.31. The number of carbonyl (C=O) groups is 2. The van der Waals surface area contributed by atoms with Crippen molar-refractivity contribution in [2.75, 3.05) is 10.6 Å². The van der Waals surface area contributed by atoms with E-state index in [4.69, 9.17) is 23.2 Å². The Kier molecular flexibility index (Phi) is 8.02. The fourth-order valence-electron chi connectivity index (χ4n) is 2.95. The van der Waals surface area contributed by atoms with Crippen LogP contribution in [-0.2, 0) is 4.79 Å². The number of halogens is 2. The van der Waals surface area contributed by atoms with Gasteiger partial charge in [0.1, 0.15) is 0 Å². The monoisotopic (exact) mass is 472 g/mol. The minimum Gasteiger partial charge on any atom is -0.325 e. The number of carbonyl (C=O) groups excluding carboxylic acids is 2. The molecular formula is C24H22Cl2N2O2S. The zero-order chi connectivity index (χ0) is 22.4. The van der Waals surface area contributed by atoms with Crippen LogP contribution in [0, 0.1) is 6.92 Å². The lowest BCUT2D eigenvalue weighted by molar-refractivity contribution is -0.115. The lowest BCUT2D eigenvalue weighted by Crippen LogP contribution is -2.24. The average Bonchev–Trinajstić information content (AvgIpc) is 2.72. The third-order valence-corrected chi connectivity index (χ3v) is 6.40. The van der Waals surface area contributed by atoms with Gasteiger partial charge in [0.2, 0.25) is 5.91 Å². The molecule has 0 bridgehead atoms. The summed E-state index contributed by atoms with van der Waals surface area (Å²) in [6.07, 6.45) is 0.666. The van der Waals surface area contributed by atoms with Crippen molar-refractivity contribution in [1.82, 2.24) is 0 Å². The van der Waals surface area contributed by atoms with Crippen molar-refractivity contribution in [2.45, 2.75) is 30.4 Å². The van der Waals surface area contributed by atoms with E-state index in [-0.39, 0.29) is 22.1 Å². The zero-order valence-electron chi connectivity index (χ0n) is 17.1. The average molecular weight is 473 g/mol. The molecule has 3 aromatic rings. The van der Waals surface area contributed by atoms with Gasteiger partial charge in [-0.1, -0.05) is 48.3 Å². The van der Waals surface area contributed by atoms with Gasteiger partial charge in [0.25, 0.3) is 5.91 Å². The van der Waals surface area contributed by atoms with Crippen LogP contribution in [-0.4, -0.2) is 17.1 Å². The molecule has 0 spiro atoms. The summed E-state index contributed by atoms with van der Waals surface area (Å²) < 4.78 is 0. The third kappa shape index (κ3) is 6.50. The Morgan fingerprint density at radius 3 is 2.32 bits per heavy atom. The summed E-state index contributed by atoms with van der Waals surface area (Å²) in [7, 11) is 0.